The van der Waals surface area contributed by atoms with Crippen LogP contribution in [0.4, 0.5) is 26.3 Å². The lowest BCUT2D eigenvalue weighted by atomic mass is 9.89. The summed E-state index contributed by atoms with van der Waals surface area (Å²) in [5.74, 6) is 0. The second-order valence-corrected chi connectivity index (χ2v) is 13.5. The zero-order valence-electron chi connectivity index (χ0n) is 28.4. The number of nitriles is 1. The van der Waals surface area contributed by atoms with Crippen molar-refractivity contribution >= 4 is 43.6 Å². The molecule has 52 heavy (non-hydrogen) atoms. The number of aryl methyl sites for hydroxylation is 4. The van der Waals surface area contributed by atoms with Crippen molar-refractivity contribution in [2.45, 2.75) is 40.0 Å². The van der Waals surface area contributed by atoms with Gasteiger partial charge in [-0.1, -0.05) is 52.6 Å². The summed E-state index contributed by atoms with van der Waals surface area (Å²) in [6.07, 6.45) is -10.3. The van der Waals surface area contributed by atoms with Crippen molar-refractivity contribution in [1.82, 2.24) is 9.13 Å². The van der Waals surface area contributed by atoms with Crippen molar-refractivity contribution in [1.29, 1.82) is 5.26 Å². The van der Waals surface area contributed by atoms with Crippen molar-refractivity contribution in [3.8, 4) is 28.6 Å². The van der Waals surface area contributed by atoms with E-state index in [1.807, 2.05) is 116 Å². The van der Waals surface area contributed by atoms with Gasteiger partial charge >= 0.3 is 12.4 Å². The van der Waals surface area contributed by atoms with E-state index in [1.165, 1.54) is 12.1 Å². The van der Waals surface area contributed by atoms with E-state index < -0.39 is 34.6 Å². The van der Waals surface area contributed by atoms with E-state index in [1.54, 1.807) is 0 Å². The van der Waals surface area contributed by atoms with Crippen LogP contribution in [0, 0.1) is 39.0 Å². The molecule has 0 atom stereocenters. The maximum atomic E-state index is 14.7. The summed E-state index contributed by atoms with van der Waals surface area (Å²) in [4.78, 5) is 0. The van der Waals surface area contributed by atoms with Gasteiger partial charge in [-0.25, -0.2) is 0 Å². The highest BCUT2D eigenvalue weighted by Crippen LogP contribution is 2.48. The van der Waals surface area contributed by atoms with E-state index >= 15 is 0 Å². The molecular weight excluding hydrogens is 672 g/mol. The van der Waals surface area contributed by atoms with Crippen LogP contribution >= 0.6 is 0 Å². The topological polar surface area (TPSA) is 33.6 Å². The van der Waals surface area contributed by atoms with Crippen molar-refractivity contribution in [3.63, 3.8) is 0 Å². The second-order valence-electron chi connectivity index (χ2n) is 13.5. The quantitative estimate of drug-likeness (QED) is 0.169. The molecule has 0 fully saturated rings. The van der Waals surface area contributed by atoms with Gasteiger partial charge in [-0.15, -0.1) is 0 Å². The smallest absolute Gasteiger partial charge is 0.307 e. The summed E-state index contributed by atoms with van der Waals surface area (Å²) in [5.41, 5.74) is 2.82. The van der Waals surface area contributed by atoms with Crippen LogP contribution < -0.4 is 0 Å². The van der Waals surface area contributed by atoms with Crippen LogP contribution in [-0.4, -0.2) is 9.13 Å². The van der Waals surface area contributed by atoms with E-state index in [0.717, 1.165) is 60.9 Å². The Morgan fingerprint density at radius 2 is 0.827 bits per heavy atom. The Hall–Kier alpha value is -6.01. The van der Waals surface area contributed by atoms with Gasteiger partial charge < -0.3 is 9.13 Å². The lowest BCUT2D eigenvalue weighted by molar-refractivity contribution is -0.142. The van der Waals surface area contributed by atoms with E-state index in [0.29, 0.717) is 34.5 Å². The summed E-state index contributed by atoms with van der Waals surface area (Å²) >= 11 is 0. The Labute approximate surface area is 294 Å². The molecule has 0 saturated heterocycles. The van der Waals surface area contributed by atoms with Gasteiger partial charge in [0.2, 0.25) is 0 Å². The van der Waals surface area contributed by atoms with Crippen LogP contribution in [-0.2, 0) is 12.4 Å². The predicted molar refractivity (Wildman–Crippen MR) is 194 cm³/mol. The normalized spacial score (nSPS) is 12.4. The number of fused-ring (bicyclic) bond motifs is 6. The zero-order valence-corrected chi connectivity index (χ0v) is 28.4. The Balaban J connectivity index is 1.62. The van der Waals surface area contributed by atoms with Gasteiger partial charge in [0, 0.05) is 32.7 Å². The van der Waals surface area contributed by atoms with Crippen molar-refractivity contribution < 1.29 is 26.3 Å². The molecule has 2 heterocycles. The molecule has 0 aliphatic rings. The van der Waals surface area contributed by atoms with Crippen LogP contribution in [0.5, 0.6) is 0 Å². The van der Waals surface area contributed by atoms with E-state index in [2.05, 4.69) is 0 Å². The SMILES string of the molecule is Cc1ccc2c(c1)c1cc(C)ccc1n2-c1cc(C#N)c(-c2c(C(F)(F)F)cccc2C(F)(F)F)cc1-n1c2ccc(C)cc2c2cc(C)ccc21. The first-order valence-corrected chi connectivity index (χ1v) is 16.5. The van der Waals surface area contributed by atoms with Crippen molar-refractivity contribution in [2.24, 2.45) is 0 Å². The van der Waals surface area contributed by atoms with Crippen LogP contribution in [0.2, 0.25) is 0 Å². The van der Waals surface area contributed by atoms with Crippen molar-refractivity contribution in [2.75, 3.05) is 0 Å². The first-order valence-electron chi connectivity index (χ1n) is 16.5. The van der Waals surface area contributed by atoms with Gasteiger partial charge in [0.25, 0.3) is 0 Å². The minimum absolute atomic E-state index is 0.312. The molecule has 0 N–H and O–H groups in total. The average molecular weight is 702 g/mol. The van der Waals surface area contributed by atoms with E-state index in [9.17, 15) is 31.6 Å². The Morgan fingerprint density at radius 3 is 1.15 bits per heavy atom. The molecule has 0 bridgehead atoms. The lowest BCUT2D eigenvalue weighted by Gasteiger charge is -2.23. The minimum atomic E-state index is -5.15. The van der Waals surface area contributed by atoms with E-state index in [4.69, 9.17) is 0 Å². The average Bonchev–Trinajstić information content (AvgIpc) is 3.57. The number of hydrogen-bond donors (Lipinski definition) is 0. The summed E-state index contributed by atoms with van der Waals surface area (Å²) in [6, 6.07) is 30.3. The number of alkyl halides is 6. The molecule has 8 aromatic rings. The maximum Gasteiger partial charge on any atom is 0.417 e. The van der Waals surface area contributed by atoms with Crippen LogP contribution in [0.3, 0.4) is 0 Å². The molecule has 0 amide bonds. The number of benzene rings is 6. The fraction of sp³-hybridized carbons (Fsp3) is 0.140. The highest BCUT2D eigenvalue weighted by atomic mass is 19.4. The predicted octanol–water partition coefficient (Wildman–Crippen LogP) is 12.7. The van der Waals surface area contributed by atoms with Gasteiger partial charge in [0.15, 0.2) is 0 Å². The molecule has 0 aliphatic heterocycles. The first-order chi connectivity index (χ1) is 24.7. The molecule has 0 aliphatic carbocycles. The molecular formula is C43H29F6N3. The molecule has 3 nitrogen and oxygen atoms in total. The number of aromatic nitrogens is 2. The van der Waals surface area contributed by atoms with Crippen molar-refractivity contribution in [3.05, 3.63) is 142 Å². The molecule has 0 radical (unpaired) electrons. The molecule has 2 aromatic heterocycles. The highest BCUT2D eigenvalue weighted by Gasteiger charge is 2.42. The molecule has 8 rings (SSSR count). The Kier molecular flexibility index (Phi) is 7.33. The third kappa shape index (κ3) is 5.12. The molecule has 0 unspecified atom stereocenters. The second kappa shape index (κ2) is 11.5. The van der Waals surface area contributed by atoms with Gasteiger partial charge in [-0.3, -0.25) is 0 Å². The first kappa shape index (κ1) is 33.2. The number of halogens is 6. The molecule has 9 heteroatoms. The molecule has 0 spiro atoms. The third-order valence-corrected chi connectivity index (χ3v) is 9.81. The summed E-state index contributed by atoms with van der Waals surface area (Å²) in [7, 11) is 0. The summed E-state index contributed by atoms with van der Waals surface area (Å²) in [5, 5.41) is 14.2. The molecule has 258 valence electrons. The van der Waals surface area contributed by atoms with Gasteiger partial charge in [0.05, 0.1) is 56.2 Å². The largest absolute Gasteiger partial charge is 0.417 e. The molecule has 0 saturated carbocycles. The third-order valence-electron chi connectivity index (χ3n) is 9.81. The number of hydrogen-bond acceptors (Lipinski definition) is 1. The Bertz CT molecular complexity index is 2670. The number of nitrogens with zero attached hydrogens (tertiary/aromatic N) is 3. The fourth-order valence-corrected chi connectivity index (χ4v) is 7.57. The summed E-state index contributed by atoms with van der Waals surface area (Å²) < 4.78 is 91.8. The lowest BCUT2D eigenvalue weighted by Crippen LogP contribution is -2.15. The van der Waals surface area contributed by atoms with E-state index in [-0.39, 0.29) is 5.56 Å². The number of rotatable bonds is 3. The summed E-state index contributed by atoms with van der Waals surface area (Å²) in [6.45, 7) is 7.87. The minimum Gasteiger partial charge on any atom is -0.307 e. The Morgan fingerprint density at radius 1 is 0.481 bits per heavy atom. The monoisotopic (exact) mass is 701 g/mol. The van der Waals surface area contributed by atoms with Gasteiger partial charge in [-0.2, -0.15) is 31.6 Å². The zero-order chi connectivity index (χ0) is 36.9. The van der Waals surface area contributed by atoms with Crippen LogP contribution in [0.25, 0.3) is 66.1 Å². The van der Waals surface area contributed by atoms with Gasteiger partial charge in [-0.05, 0) is 100 Å². The maximum absolute atomic E-state index is 14.7. The van der Waals surface area contributed by atoms with Crippen LogP contribution in [0.15, 0.2) is 103 Å². The standard InChI is InChI=1S/C43H29F6N3/c1-23-8-12-35-29(16-23)30-17-24(2)9-13-36(30)51(35)39-20-27(22-50)28(41-33(42(44,45)46)6-5-7-34(41)43(47,48)49)21-40(39)52-37-14-10-25(3)18-31(37)32-19-26(4)11-15-38(32)52/h5-21H,1-4H3. The van der Waals surface area contributed by atoms with Crippen LogP contribution in [0.1, 0.15) is 38.9 Å². The highest BCUT2D eigenvalue weighted by molar-refractivity contribution is 6.12. The molecule has 6 aromatic carbocycles. The fourth-order valence-electron chi connectivity index (χ4n) is 7.57. The van der Waals surface area contributed by atoms with Gasteiger partial charge in [0.1, 0.15) is 0 Å².